The molecule has 1 unspecified atom stereocenters. The van der Waals surface area contributed by atoms with Crippen molar-refractivity contribution in [1.29, 1.82) is 0 Å². The van der Waals surface area contributed by atoms with Crippen molar-refractivity contribution in [3.63, 3.8) is 0 Å². The fourth-order valence-electron chi connectivity index (χ4n) is 1.92. The molecule has 0 aliphatic carbocycles. The minimum atomic E-state index is -3.16. The Morgan fingerprint density at radius 3 is 2.19 bits per heavy atom. The molecule has 21 heavy (non-hydrogen) atoms. The van der Waals surface area contributed by atoms with Gasteiger partial charge in [-0.3, -0.25) is 4.79 Å². The highest BCUT2D eigenvalue weighted by atomic mass is 32.2. The molecule has 0 aliphatic heterocycles. The lowest BCUT2D eigenvalue weighted by Crippen LogP contribution is -2.33. The van der Waals surface area contributed by atoms with Gasteiger partial charge in [-0.15, -0.1) is 0 Å². The summed E-state index contributed by atoms with van der Waals surface area (Å²) in [6.45, 7) is 6.41. The predicted octanol–water partition coefficient (Wildman–Crippen LogP) is 1.66. The molecule has 0 aromatic heterocycles. The van der Waals surface area contributed by atoms with E-state index in [-0.39, 0.29) is 18.0 Å². The molecule has 0 fully saturated rings. The average molecular weight is 312 g/mol. The molecule has 1 atom stereocenters. The van der Waals surface area contributed by atoms with E-state index < -0.39 is 9.84 Å². The average Bonchev–Trinajstić information content (AvgIpc) is 2.36. The summed E-state index contributed by atoms with van der Waals surface area (Å²) in [4.78, 5) is 11.8. The van der Waals surface area contributed by atoms with Crippen LogP contribution in [0.4, 0.5) is 0 Å². The van der Waals surface area contributed by atoms with E-state index in [4.69, 9.17) is 0 Å². The van der Waals surface area contributed by atoms with Crippen LogP contribution in [-0.2, 0) is 14.6 Å². The zero-order valence-corrected chi connectivity index (χ0v) is 13.8. The first-order chi connectivity index (χ1) is 9.70. The number of benzene rings is 1. The van der Waals surface area contributed by atoms with E-state index in [0.29, 0.717) is 17.9 Å². The molecule has 1 aromatic carbocycles. The number of nitrogens with one attached hydrogen (secondary N) is 2. The Hall–Kier alpha value is -1.40. The molecule has 0 bridgehead atoms. The third kappa shape index (κ3) is 6.27. The summed E-state index contributed by atoms with van der Waals surface area (Å²) in [5, 5.41) is 6.09. The minimum absolute atomic E-state index is 0.0251. The number of carbonyl (C=O) groups is 1. The maximum absolute atomic E-state index is 11.5. The Morgan fingerprint density at radius 2 is 1.71 bits per heavy atom. The Kier molecular flexibility index (Phi) is 6.36. The second kappa shape index (κ2) is 7.56. The van der Waals surface area contributed by atoms with Crippen molar-refractivity contribution in [3.8, 4) is 0 Å². The first kappa shape index (κ1) is 17.7. The summed E-state index contributed by atoms with van der Waals surface area (Å²) in [5.74, 6) is 0.0251. The maximum atomic E-state index is 11.5. The number of carbonyl (C=O) groups excluding carboxylic acids is 1. The normalized spacial score (nSPS) is 13.2. The van der Waals surface area contributed by atoms with Crippen LogP contribution in [0.1, 0.15) is 38.8 Å². The summed E-state index contributed by atoms with van der Waals surface area (Å²) in [5.41, 5.74) is 0.992. The number of amides is 1. The van der Waals surface area contributed by atoms with Crippen molar-refractivity contribution in [3.05, 3.63) is 29.8 Å². The highest BCUT2D eigenvalue weighted by Crippen LogP contribution is 2.16. The van der Waals surface area contributed by atoms with Crippen molar-refractivity contribution in [2.24, 2.45) is 0 Å². The largest absolute Gasteiger partial charge is 0.354 e. The number of rotatable bonds is 7. The van der Waals surface area contributed by atoms with E-state index in [2.05, 4.69) is 10.6 Å². The zero-order valence-electron chi connectivity index (χ0n) is 13.0. The van der Waals surface area contributed by atoms with Crippen molar-refractivity contribution < 1.29 is 13.2 Å². The quantitative estimate of drug-likeness (QED) is 0.803. The maximum Gasteiger partial charge on any atom is 0.221 e. The van der Waals surface area contributed by atoms with Gasteiger partial charge >= 0.3 is 0 Å². The number of sulfone groups is 1. The van der Waals surface area contributed by atoms with Gasteiger partial charge in [0.2, 0.25) is 5.91 Å². The summed E-state index contributed by atoms with van der Waals surface area (Å²) in [6.07, 6.45) is 1.61. The lowest BCUT2D eigenvalue weighted by molar-refractivity contribution is -0.121. The molecule has 5 nitrogen and oxygen atoms in total. The molecule has 1 amide bonds. The molecule has 6 heteroatoms. The third-order valence-electron chi connectivity index (χ3n) is 3.06. The Labute approximate surface area is 127 Å². The monoisotopic (exact) mass is 312 g/mol. The lowest BCUT2D eigenvalue weighted by atomic mass is 10.1. The first-order valence-electron chi connectivity index (χ1n) is 7.03. The van der Waals surface area contributed by atoms with E-state index in [9.17, 15) is 13.2 Å². The molecular weight excluding hydrogens is 288 g/mol. The van der Waals surface area contributed by atoms with Crippen LogP contribution in [0.2, 0.25) is 0 Å². The van der Waals surface area contributed by atoms with Gasteiger partial charge in [-0.1, -0.05) is 12.1 Å². The SMILES string of the molecule is CC(C)NC(=O)CCNC(C)c1ccc(S(C)(=O)=O)cc1. The first-order valence-corrected chi connectivity index (χ1v) is 8.92. The molecule has 0 saturated carbocycles. The summed E-state index contributed by atoms with van der Waals surface area (Å²) >= 11 is 0. The van der Waals surface area contributed by atoms with Gasteiger partial charge in [0.15, 0.2) is 9.84 Å². The van der Waals surface area contributed by atoms with Gasteiger partial charge in [0.1, 0.15) is 0 Å². The van der Waals surface area contributed by atoms with Gasteiger partial charge in [-0.25, -0.2) is 8.42 Å². The minimum Gasteiger partial charge on any atom is -0.354 e. The van der Waals surface area contributed by atoms with Crippen LogP contribution in [0.25, 0.3) is 0 Å². The second-order valence-electron chi connectivity index (χ2n) is 5.49. The lowest BCUT2D eigenvalue weighted by Gasteiger charge is -2.15. The zero-order chi connectivity index (χ0) is 16.0. The third-order valence-corrected chi connectivity index (χ3v) is 4.19. The van der Waals surface area contributed by atoms with Gasteiger partial charge in [0, 0.05) is 31.3 Å². The van der Waals surface area contributed by atoms with Crippen LogP contribution in [0.3, 0.4) is 0 Å². The Balaban J connectivity index is 2.49. The van der Waals surface area contributed by atoms with E-state index in [1.54, 1.807) is 24.3 Å². The van der Waals surface area contributed by atoms with Crippen molar-refractivity contribution in [2.45, 2.75) is 44.2 Å². The number of hydrogen-bond acceptors (Lipinski definition) is 4. The highest BCUT2D eigenvalue weighted by Gasteiger charge is 2.10. The van der Waals surface area contributed by atoms with Gasteiger partial charge in [0.25, 0.3) is 0 Å². The fourth-order valence-corrected chi connectivity index (χ4v) is 2.55. The van der Waals surface area contributed by atoms with Crippen molar-refractivity contribution in [1.82, 2.24) is 10.6 Å². The van der Waals surface area contributed by atoms with Crippen LogP contribution in [-0.4, -0.2) is 33.2 Å². The Morgan fingerprint density at radius 1 is 1.14 bits per heavy atom. The molecule has 0 aliphatic rings. The highest BCUT2D eigenvalue weighted by molar-refractivity contribution is 7.90. The van der Waals surface area contributed by atoms with E-state index in [1.165, 1.54) is 6.26 Å². The fraction of sp³-hybridized carbons (Fsp3) is 0.533. The van der Waals surface area contributed by atoms with Crippen LogP contribution < -0.4 is 10.6 Å². The van der Waals surface area contributed by atoms with Gasteiger partial charge < -0.3 is 10.6 Å². The molecule has 2 N–H and O–H groups in total. The molecule has 1 aromatic rings. The summed E-state index contributed by atoms with van der Waals surface area (Å²) in [6, 6.07) is 7.01. The molecule has 0 heterocycles. The summed E-state index contributed by atoms with van der Waals surface area (Å²) < 4.78 is 22.8. The van der Waals surface area contributed by atoms with Crippen molar-refractivity contribution >= 4 is 15.7 Å². The molecule has 1 rings (SSSR count). The van der Waals surface area contributed by atoms with E-state index >= 15 is 0 Å². The summed E-state index contributed by atoms with van der Waals surface area (Å²) in [7, 11) is -3.16. The van der Waals surface area contributed by atoms with Gasteiger partial charge in [-0.05, 0) is 38.5 Å². The molecule has 0 spiro atoms. The van der Waals surface area contributed by atoms with Gasteiger partial charge in [-0.2, -0.15) is 0 Å². The molecule has 118 valence electrons. The topological polar surface area (TPSA) is 75.3 Å². The molecule has 0 saturated heterocycles. The second-order valence-corrected chi connectivity index (χ2v) is 7.50. The predicted molar refractivity (Wildman–Crippen MR) is 83.9 cm³/mol. The molecular formula is C15H24N2O3S. The van der Waals surface area contributed by atoms with E-state index in [0.717, 1.165) is 5.56 Å². The van der Waals surface area contributed by atoms with Crippen molar-refractivity contribution in [2.75, 3.05) is 12.8 Å². The Bertz CT molecular complexity index is 565. The van der Waals surface area contributed by atoms with Gasteiger partial charge in [0.05, 0.1) is 4.90 Å². The van der Waals surface area contributed by atoms with Crippen LogP contribution in [0.15, 0.2) is 29.2 Å². The number of hydrogen-bond donors (Lipinski definition) is 2. The molecule has 0 radical (unpaired) electrons. The van der Waals surface area contributed by atoms with Crippen LogP contribution in [0, 0.1) is 0 Å². The van der Waals surface area contributed by atoms with Crippen LogP contribution >= 0.6 is 0 Å². The standard InChI is InChI=1S/C15H24N2O3S/c1-11(2)17-15(18)9-10-16-12(3)13-5-7-14(8-6-13)21(4,19)20/h5-8,11-12,16H,9-10H2,1-4H3,(H,17,18). The smallest absolute Gasteiger partial charge is 0.221 e. The van der Waals surface area contributed by atoms with Crippen LogP contribution in [0.5, 0.6) is 0 Å². The van der Waals surface area contributed by atoms with E-state index in [1.807, 2.05) is 20.8 Å².